The number of allylic oxidation sites excluding steroid dienone is 1. The Labute approximate surface area is 115 Å². The highest BCUT2D eigenvalue weighted by Crippen LogP contribution is 2.68. The lowest BCUT2D eigenvalue weighted by molar-refractivity contribution is -0.419. The van der Waals surface area contributed by atoms with Crippen LogP contribution >= 0.6 is 0 Å². The van der Waals surface area contributed by atoms with Crippen molar-refractivity contribution in [3.63, 3.8) is 0 Å². The number of halogens is 14. The lowest BCUT2D eigenvalue weighted by Gasteiger charge is -2.53. The van der Waals surface area contributed by atoms with Crippen LogP contribution in [0.25, 0.3) is 0 Å². The summed E-state index contributed by atoms with van der Waals surface area (Å²) in [6.07, 6.45) is -28.0. The maximum Gasteiger partial charge on any atom is 0.423 e. The third-order valence-corrected chi connectivity index (χ3v) is 2.80. The van der Waals surface area contributed by atoms with Crippen LogP contribution in [0.2, 0.25) is 0 Å². The second kappa shape index (κ2) is 4.55. The van der Waals surface area contributed by atoms with Gasteiger partial charge < -0.3 is 5.32 Å². The Balaban J connectivity index is 3.95. The molecule has 1 saturated heterocycles. The van der Waals surface area contributed by atoms with Gasteiger partial charge in [-0.1, -0.05) is 0 Å². The van der Waals surface area contributed by atoms with Crippen LogP contribution in [0.3, 0.4) is 0 Å². The van der Waals surface area contributed by atoms with Gasteiger partial charge in [-0.05, 0) is 0 Å². The van der Waals surface area contributed by atoms with Gasteiger partial charge in [0.1, 0.15) is 0 Å². The molecule has 23 heavy (non-hydrogen) atoms. The van der Waals surface area contributed by atoms with Crippen LogP contribution in [0.5, 0.6) is 0 Å². The number of nitrogens with one attached hydrogen (secondary N) is 1. The largest absolute Gasteiger partial charge is 0.423 e. The van der Waals surface area contributed by atoms with Gasteiger partial charge in [0.2, 0.25) is 0 Å². The quantitative estimate of drug-likeness (QED) is 0.478. The maximum absolute atomic E-state index is 12.9. The molecule has 0 bridgehead atoms. The molecule has 1 aliphatic heterocycles. The minimum Gasteiger partial charge on any atom is -0.327 e. The second-order valence-corrected chi connectivity index (χ2v) is 4.19. The van der Waals surface area contributed by atoms with Gasteiger partial charge in [-0.25, -0.2) is 0 Å². The first-order valence-corrected chi connectivity index (χ1v) is 4.90. The van der Waals surface area contributed by atoms with Crippen molar-refractivity contribution in [2.45, 2.75) is 30.8 Å². The van der Waals surface area contributed by atoms with Crippen LogP contribution in [-0.2, 0) is 0 Å². The average molecular weight is 377 g/mol. The summed E-state index contributed by atoms with van der Waals surface area (Å²) in [6.45, 7) is 0. The molecule has 1 nitrogen and oxygen atoms in total. The maximum atomic E-state index is 12.9. The summed E-state index contributed by atoms with van der Waals surface area (Å²) in [5.74, 6) is 0. The third-order valence-electron chi connectivity index (χ3n) is 2.80. The Morgan fingerprint density at radius 1 is 0.652 bits per heavy atom. The molecule has 0 aromatic carbocycles. The predicted octanol–water partition coefficient (Wildman–Crippen LogP) is 4.67. The van der Waals surface area contributed by atoms with E-state index >= 15 is 0 Å². The summed E-state index contributed by atoms with van der Waals surface area (Å²) in [4.78, 5) is 0. The highest BCUT2D eigenvalue weighted by Gasteiger charge is 2.91. The molecule has 0 amide bonds. The van der Waals surface area contributed by atoms with Gasteiger partial charge in [-0.15, -0.1) is 0 Å². The Hall–Kier alpha value is -1.44. The minimum atomic E-state index is -7.20. The fourth-order valence-corrected chi connectivity index (χ4v) is 1.93. The van der Waals surface area contributed by atoms with Crippen molar-refractivity contribution >= 4 is 0 Å². The zero-order valence-electron chi connectivity index (χ0n) is 9.79. The zero-order chi connectivity index (χ0) is 18.9. The van der Waals surface area contributed by atoms with Crippen LogP contribution in [0, 0.1) is 5.41 Å². The van der Waals surface area contributed by atoms with E-state index in [0.29, 0.717) is 0 Å². The number of hydrogen-bond donors (Lipinski definition) is 1. The molecule has 0 spiro atoms. The number of alkyl halides is 14. The Morgan fingerprint density at radius 2 is 0.957 bits per heavy atom. The first-order chi connectivity index (χ1) is 9.71. The van der Waals surface area contributed by atoms with Crippen LogP contribution < -0.4 is 5.32 Å². The van der Waals surface area contributed by atoms with E-state index in [1.165, 1.54) is 0 Å². The standard InChI is InChI=1S/C8HF14N/c9-4(10,11)1(5(12,13)14)2-3(6(15,16)17,7(18,19)20)8(21,22)23-2/h23H. The van der Waals surface area contributed by atoms with E-state index < -0.39 is 47.4 Å². The van der Waals surface area contributed by atoms with E-state index in [2.05, 4.69) is 0 Å². The van der Waals surface area contributed by atoms with Gasteiger partial charge in [0.25, 0.3) is 5.41 Å². The molecular formula is C8HF14N. The molecule has 0 radical (unpaired) electrons. The molecule has 0 aromatic heterocycles. The zero-order valence-corrected chi connectivity index (χ0v) is 9.79. The molecule has 0 unspecified atom stereocenters. The van der Waals surface area contributed by atoms with Crippen molar-refractivity contribution in [3.8, 4) is 0 Å². The van der Waals surface area contributed by atoms with Gasteiger partial charge in [-0.3, -0.25) is 0 Å². The first-order valence-electron chi connectivity index (χ1n) is 4.90. The van der Waals surface area contributed by atoms with Crippen LogP contribution in [0.1, 0.15) is 0 Å². The van der Waals surface area contributed by atoms with Gasteiger partial charge in [-0.2, -0.15) is 61.5 Å². The lowest BCUT2D eigenvalue weighted by atomic mass is 9.71. The smallest absolute Gasteiger partial charge is 0.327 e. The summed E-state index contributed by atoms with van der Waals surface area (Å²) < 4.78 is 175. The average Bonchev–Trinajstić information content (AvgIpc) is 2.04. The molecule has 1 N–H and O–H groups in total. The fourth-order valence-electron chi connectivity index (χ4n) is 1.93. The van der Waals surface area contributed by atoms with Gasteiger partial charge in [0.15, 0.2) is 5.57 Å². The van der Waals surface area contributed by atoms with E-state index in [4.69, 9.17) is 0 Å². The highest BCUT2D eigenvalue weighted by atomic mass is 19.4. The molecule has 0 atom stereocenters. The van der Waals surface area contributed by atoms with Crippen LogP contribution in [0.15, 0.2) is 11.3 Å². The molecule has 1 heterocycles. The van der Waals surface area contributed by atoms with Crippen LogP contribution in [0.4, 0.5) is 61.5 Å². The Bertz CT molecular complexity index is 465. The SMILES string of the molecule is FC(F)(F)C(=C1NC(F)(F)C1(C(F)(F)F)C(F)(F)F)C(F)(F)F. The summed E-state index contributed by atoms with van der Waals surface area (Å²) in [6, 6.07) is -6.17. The summed E-state index contributed by atoms with van der Waals surface area (Å²) in [7, 11) is 0. The van der Waals surface area contributed by atoms with Crippen molar-refractivity contribution < 1.29 is 61.5 Å². The molecule has 1 fully saturated rings. The Morgan fingerprint density at radius 3 is 1.13 bits per heavy atom. The first kappa shape index (κ1) is 19.6. The molecule has 0 aromatic rings. The van der Waals surface area contributed by atoms with E-state index in [9.17, 15) is 61.5 Å². The monoisotopic (exact) mass is 377 g/mol. The predicted molar refractivity (Wildman–Crippen MR) is 41.8 cm³/mol. The van der Waals surface area contributed by atoms with Crippen LogP contribution in [-0.4, -0.2) is 30.8 Å². The van der Waals surface area contributed by atoms with Crippen molar-refractivity contribution in [2.24, 2.45) is 5.41 Å². The number of rotatable bonds is 0. The summed E-state index contributed by atoms with van der Waals surface area (Å²) >= 11 is 0. The van der Waals surface area contributed by atoms with E-state index in [1.807, 2.05) is 0 Å². The summed E-state index contributed by atoms with van der Waals surface area (Å²) in [5.41, 5.74) is -14.7. The molecule has 136 valence electrons. The molecule has 1 rings (SSSR count). The molecule has 1 aliphatic rings. The van der Waals surface area contributed by atoms with Crippen molar-refractivity contribution in [1.29, 1.82) is 0 Å². The van der Waals surface area contributed by atoms with E-state index in [0.717, 1.165) is 0 Å². The highest BCUT2D eigenvalue weighted by molar-refractivity contribution is 5.41. The fraction of sp³-hybridized carbons (Fsp3) is 0.750. The lowest BCUT2D eigenvalue weighted by Crippen LogP contribution is -2.78. The van der Waals surface area contributed by atoms with E-state index in [1.54, 1.807) is 0 Å². The summed E-state index contributed by atoms with van der Waals surface area (Å²) in [5, 5.41) is -0.297. The molecule has 15 heteroatoms. The van der Waals surface area contributed by atoms with Gasteiger partial charge >= 0.3 is 30.8 Å². The normalized spacial score (nSPS) is 21.6. The van der Waals surface area contributed by atoms with Gasteiger partial charge in [0.05, 0.1) is 5.70 Å². The Kier molecular flexibility index (Phi) is 3.88. The van der Waals surface area contributed by atoms with E-state index in [-0.39, 0.29) is 5.32 Å². The third kappa shape index (κ3) is 2.56. The molecule has 0 aliphatic carbocycles. The van der Waals surface area contributed by atoms with Crippen molar-refractivity contribution in [2.75, 3.05) is 0 Å². The second-order valence-electron chi connectivity index (χ2n) is 4.19. The van der Waals surface area contributed by atoms with Crippen molar-refractivity contribution in [3.05, 3.63) is 11.3 Å². The molecular weight excluding hydrogens is 376 g/mol. The topological polar surface area (TPSA) is 12.0 Å². The minimum absolute atomic E-state index is 0.297. The molecule has 0 saturated carbocycles. The van der Waals surface area contributed by atoms with Gasteiger partial charge in [0, 0.05) is 0 Å². The number of hydrogen-bond acceptors (Lipinski definition) is 1. The van der Waals surface area contributed by atoms with Crippen molar-refractivity contribution in [1.82, 2.24) is 5.32 Å².